The molecule has 0 fully saturated rings. The van der Waals surface area contributed by atoms with E-state index in [-0.39, 0.29) is 0 Å². The summed E-state index contributed by atoms with van der Waals surface area (Å²) in [4.78, 5) is 13.0. The average Bonchev–Trinajstić information content (AvgIpc) is 2.46. The van der Waals surface area contributed by atoms with Gasteiger partial charge in [-0.15, -0.1) is 0 Å². The molecule has 94 valence electrons. The molecule has 3 rings (SSSR count). The van der Waals surface area contributed by atoms with Gasteiger partial charge in [0.05, 0.1) is 17.8 Å². The van der Waals surface area contributed by atoms with Gasteiger partial charge in [-0.2, -0.15) is 0 Å². The van der Waals surface area contributed by atoms with Crippen LogP contribution in [0.1, 0.15) is 5.69 Å². The van der Waals surface area contributed by atoms with E-state index in [1.165, 1.54) is 0 Å². The summed E-state index contributed by atoms with van der Waals surface area (Å²) >= 11 is 3.43. The first-order valence-electron chi connectivity index (χ1n) is 5.87. The van der Waals surface area contributed by atoms with Crippen LogP contribution < -0.4 is 5.32 Å². The maximum atomic E-state index is 4.46. The first kappa shape index (κ1) is 12.0. The van der Waals surface area contributed by atoms with Crippen molar-refractivity contribution in [2.75, 3.05) is 5.32 Å². The van der Waals surface area contributed by atoms with Gasteiger partial charge in [0.15, 0.2) is 0 Å². The smallest absolute Gasteiger partial charge is 0.223 e. The second kappa shape index (κ2) is 5.32. The van der Waals surface area contributed by atoms with Gasteiger partial charge in [0.1, 0.15) is 0 Å². The van der Waals surface area contributed by atoms with Crippen molar-refractivity contribution in [2.24, 2.45) is 0 Å². The molecule has 19 heavy (non-hydrogen) atoms. The molecule has 1 N–H and O–H groups in total. The van der Waals surface area contributed by atoms with Gasteiger partial charge in [0.25, 0.3) is 0 Å². The Bertz CT molecular complexity index is 700. The molecular formula is C14H11BrN4. The first-order chi connectivity index (χ1) is 9.31. The zero-order valence-corrected chi connectivity index (χ0v) is 11.6. The molecule has 0 aliphatic carbocycles. The van der Waals surface area contributed by atoms with Crippen LogP contribution >= 0.6 is 15.9 Å². The van der Waals surface area contributed by atoms with Gasteiger partial charge in [0.2, 0.25) is 5.95 Å². The Morgan fingerprint density at radius 2 is 2.05 bits per heavy atom. The van der Waals surface area contributed by atoms with Crippen molar-refractivity contribution in [1.82, 2.24) is 15.0 Å². The topological polar surface area (TPSA) is 50.7 Å². The molecule has 0 bridgehead atoms. The average molecular weight is 315 g/mol. The molecule has 3 aromatic rings. The molecule has 0 aliphatic heterocycles. The molecule has 0 atom stereocenters. The van der Waals surface area contributed by atoms with Crippen LogP contribution in [0.3, 0.4) is 0 Å². The minimum absolute atomic E-state index is 0.612. The standard InChI is InChI=1S/C14H11BrN4/c15-11-4-5-13-10(7-11)8-17-14(19-13)18-9-12-3-1-2-6-16-12/h1-8H,9H2,(H,17,18,19). The second-order valence-electron chi connectivity index (χ2n) is 4.07. The highest BCUT2D eigenvalue weighted by atomic mass is 79.9. The van der Waals surface area contributed by atoms with Crippen molar-refractivity contribution in [2.45, 2.75) is 6.54 Å². The van der Waals surface area contributed by atoms with Crippen LogP contribution in [0.5, 0.6) is 0 Å². The lowest BCUT2D eigenvalue weighted by molar-refractivity contribution is 1.01. The van der Waals surface area contributed by atoms with Crippen molar-refractivity contribution in [3.05, 3.63) is 59.0 Å². The van der Waals surface area contributed by atoms with Crippen LogP contribution in [0.2, 0.25) is 0 Å². The van der Waals surface area contributed by atoms with Crippen molar-refractivity contribution in [1.29, 1.82) is 0 Å². The normalized spacial score (nSPS) is 10.6. The molecule has 0 amide bonds. The number of hydrogen-bond acceptors (Lipinski definition) is 4. The van der Waals surface area contributed by atoms with E-state index in [0.717, 1.165) is 21.1 Å². The van der Waals surface area contributed by atoms with Gasteiger partial charge in [-0.1, -0.05) is 22.0 Å². The van der Waals surface area contributed by atoms with Crippen molar-refractivity contribution in [3.63, 3.8) is 0 Å². The fourth-order valence-corrected chi connectivity index (χ4v) is 2.14. The Balaban J connectivity index is 1.80. The number of rotatable bonds is 3. The first-order valence-corrected chi connectivity index (χ1v) is 6.67. The lowest BCUT2D eigenvalue weighted by Gasteiger charge is -2.05. The monoisotopic (exact) mass is 314 g/mol. The summed E-state index contributed by atoms with van der Waals surface area (Å²) in [7, 11) is 0. The van der Waals surface area contributed by atoms with E-state index in [1.807, 2.05) is 42.6 Å². The van der Waals surface area contributed by atoms with E-state index in [4.69, 9.17) is 0 Å². The van der Waals surface area contributed by atoms with E-state index in [2.05, 4.69) is 36.2 Å². The van der Waals surface area contributed by atoms with E-state index in [1.54, 1.807) is 6.20 Å². The molecule has 0 radical (unpaired) electrons. The number of fused-ring (bicyclic) bond motifs is 1. The molecule has 0 spiro atoms. The maximum absolute atomic E-state index is 4.46. The Morgan fingerprint density at radius 1 is 1.11 bits per heavy atom. The third-order valence-corrected chi connectivity index (χ3v) is 3.19. The highest BCUT2D eigenvalue weighted by molar-refractivity contribution is 9.10. The van der Waals surface area contributed by atoms with Gasteiger partial charge >= 0.3 is 0 Å². The summed E-state index contributed by atoms with van der Waals surface area (Å²) in [6.07, 6.45) is 3.59. The largest absolute Gasteiger partial charge is 0.349 e. The molecule has 2 aromatic heterocycles. The second-order valence-corrected chi connectivity index (χ2v) is 4.99. The summed E-state index contributed by atoms with van der Waals surface area (Å²) in [5.74, 6) is 0.612. The predicted molar refractivity (Wildman–Crippen MR) is 78.8 cm³/mol. The number of pyridine rings is 1. The molecule has 0 saturated carbocycles. The van der Waals surface area contributed by atoms with Crippen LogP contribution in [0.25, 0.3) is 10.9 Å². The third-order valence-electron chi connectivity index (χ3n) is 2.70. The molecule has 0 unspecified atom stereocenters. The Labute approximate surface area is 119 Å². The van der Waals surface area contributed by atoms with E-state index >= 15 is 0 Å². The molecule has 1 aromatic carbocycles. The molecule has 2 heterocycles. The number of benzene rings is 1. The molecular weight excluding hydrogens is 304 g/mol. The predicted octanol–water partition coefficient (Wildman–Crippen LogP) is 3.40. The quantitative estimate of drug-likeness (QED) is 0.805. The summed E-state index contributed by atoms with van der Waals surface area (Å²) < 4.78 is 1.03. The summed E-state index contributed by atoms with van der Waals surface area (Å²) in [6.45, 7) is 0.614. The number of aromatic nitrogens is 3. The van der Waals surface area contributed by atoms with Gasteiger partial charge in [-0.05, 0) is 30.3 Å². The van der Waals surface area contributed by atoms with E-state index in [0.29, 0.717) is 12.5 Å². The van der Waals surface area contributed by atoms with Crippen LogP contribution in [-0.4, -0.2) is 15.0 Å². The zero-order valence-electron chi connectivity index (χ0n) is 10.0. The van der Waals surface area contributed by atoms with Gasteiger partial charge in [0, 0.05) is 22.3 Å². The van der Waals surface area contributed by atoms with Crippen LogP contribution in [-0.2, 0) is 6.54 Å². The summed E-state index contributed by atoms with van der Waals surface area (Å²) in [6, 6.07) is 11.8. The number of halogens is 1. The number of nitrogens with one attached hydrogen (secondary N) is 1. The lowest BCUT2D eigenvalue weighted by Crippen LogP contribution is -2.04. The van der Waals surface area contributed by atoms with Gasteiger partial charge < -0.3 is 5.32 Å². The van der Waals surface area contributed by atoms with E-state index < -0.39 is 0 Å². The fourth-order valence-electron chi connectivity index (χ4n) is 1.76. The van der Waals surface area contributed by atoms with Gasteiger partial charge in [-0.25, -0.2) is 9.97 Å². The van der Waals surface area contributed by atoms with Crippen LogP contribution in [0.15, 0.2) is 53.3 Å². The number of anilines is 1. The van der Waals surface area contributed by atoms with Crippen molar-refractivity contribution >= 4 is 32.8 Å². The van der Waals surface area contributed by atoms with Crippen molar-refractivity contribution in [3.8, 4) is 0 Å². The van der Waals surface area contributed by atoms with Crippen LogP contribution in [0, 0.1) is 0 Å². The molecule has 4 nitrogen and oxygen atoms in total. The fraction of sp³-hybridized carbons (Fsp3) is 0.0714. The lowest BCUT2D eigenvalue weighted by atomic mass is 10.2. The number of nitrogens with zero attached hydrogens (tertiary/aromatic N) is 3. The Hall–Kier alpha value is -2.01. The SMILES string of the molecule is Brc1ccc2nc(NCc3ccccn3)ncc2c1. The summed E-state index contributed by atoms with van der Waals surface area (Å²) in [5.41, 5.74) is 1.88. The zero-order chi connectivity index (χ0) is 13.1. The number of hydrogen-bond donors (Lipinski definition) is 1. The maximum Gasteiger partial charge on any atom is 0.223 e. The summed E-state index contributed by atoms with van der Waals surface area (Å²) in [5, 5.41) is 4.18. The van der Waals surface area contributed by atoms with E-state index in [9.17, 15) is 0 Å². The van der Waals surface area contributed by atoms with Crippen molar-refractivity contribution < 1.29 is 0 Å². The Kier molecular flexibility index (Phi) is 3.37. The molecule has 0 saturated heterocycles. The highest BCUT2D eigenvalue weighted by Crippen LogP contribution is 2.18. The molecule has 0 aliphatic rings. The van der Waals surface area contributed by atoms with Crippen LogP contribution in [0.4, 0.5) is 5.95 Å². The Morgan fingerprint density at radius 3 is 2.89 bits per heavy atom. The highest BCUT2D eigenvalue weighted by Gasteiger charge is 2.01. The molecule has 5 heteroatoms. The van der Waals surface area contributed by atoms with Gasteiger partial charge in [-0.3, -0.25) is 4.98 Å². The third kappa shape index (κ3) is 2.88. The minimum Gasteiger partial charge on any atom is -0.349 e. The minimum atomic E-state index is 0.612.